The number of hydrogen-bond acceptors (Lipinski definition) is 4. The summed E-state index contributed by atoms with van der Waals surface area (Å²) in [5.41, 5.74) is 2.14. The van der Waals surface area contributed by atoms with Crippen LogP contribution in [0.5, 0.6) is 0 Å². The first kappa shape index (κ1) is 17.8. The number of nitrogens with zero attached hydrogens (tertiary/aromatic N) is 3. The summed E-state index contributed by atoms with van der Waals surface area (Å²) >= 11 is 0. The molecule has 2 heterocycles. The summed E-state index contributed by atoms with van der Waals surface area (Å²) < 4.78 is 5.92. The van der Waals surface area contributed by atoms with Crippen molar-refractivity contribution in [3.8, 4) is 6.07 Å². The third kappa shape index (κ3) is 3.98. The van der Waals surface area contributed by atoms with E-state index in [1.807, 2.05) is 17.0 Å². The molecule has 0 spiro atoms. The highest BCUT2D eigenvalue weighted by molar-refractivity contribution is 5.95. The van der Waals surface area contributed by atoms with E-state index >= 15 is 0 Å². The molecule has 0 radical (unpaired) electrons. The van der Waals surface area contributed by atoms with Gasteiger partial charge in [-0.2, -0.15) is 5.26 Å². The first-order chi connectivity index (χ1) is 12.7. The molecule has 1 saturated heterocycles. The van der Waals surface area contributed by atoms with Gasteiger partial charge in [0.1, 0.15) is 0 Å². The van der Waals surface area contributed by atoms with Crippen molar-refractivity contribution in [2.24, 2.45) is 0 Å². The number of carbonyl (C=O) groups is 1. The molecule has 1 aromatic carbocycles. The fraction of sp³-hybridized carbons (Fsp3) is 0.286. The Balaban J connectivity index is 1.84. The van der Waals surface area contributed by atoms with E-state index in [0.29, 0.717) is 30.7 Å². The van der Waals surface area contributed by atoms with Crippen LogP contribution in [0.15, 0.2) is 61.4 Å². The van der Waals surface area contributed by atoms with Gasteiger partial charge < -0.3 is 9.64 Å². The van der Waals surface area contributed by atoms with Gasteiger partial charge >= 0.3 is 0 Å². The fourth-order valence-electron chi connectivity index (χ4n) is 3.35. The van der Waals surface area contributed by atoms with Crippen molar-refractivity contribution in [3.63, 3.8) is 0 Å². The zero-order valence-corrected chi connectivity index (χ0v) is 14.5. The monoisotopic (exact) mass is 347 g/mol. The zero-order valence-electron chi connectivity index (χ0n) is 14.5. The second-order valence-corrected chi connectivity index (χ2v) is 6.27. The minimum absolute atomic E-state index is 0.0377. The van der Waals surface area contributed by atoms with E-state index in [-0.39, 0.29) is 18.1 Å². The summed E-state index contributed by atoms with van der Waals surface area (Å²) in [5, 5.41) is 9.08. The van der Waals surface area contributed by atoms with Crippen LogP contribution in [0.4, 0.5) is 0 Å². The highest BCUT2D eigenvalue weighted by Gasteiger charge is 2.38. The normalized spacial score (nSPS) is 19.1. The Bertz CT molecular complexity index is 814. The number of carbonyl (C=O) groups excluding carboxylic acids is 1. The first-order valence-corrected chi connectivity index (χ1v) is 8.65. The largest absolute Gasteiger partial charge is 0.372 e. The van der Waals surface area contributed by atoms with E-state index in [1.165, 1.54) is 0 Å². The predicted molar refractivity (Wildman–Crippen MR) is 98.5 cm³/mol. The van der Waals surface area contributed by atoms with Crippen molar-refractivity contribution in [2.75, 3.05) is 13.2 Å². The van der Waals surface area contributed by atoms with Crippen LogP contribution in [0, 0.1) is 11.3 Å². The third-order valence-electron chi connectivity index (χ3n) is 4.61. The molecule has 1 amide bonds. The van der Waals surface area contributed by atoms with Gasteiger partial charge in [-0.25, -0.2) is 0 Å². The summed E-state index contributed by atoms with van der Waals surface area (Å²) in [6.45, 7) is 4.80. The number of amides is 1. The van der Waals surface area contributed by atoms with Gasteiger partial charge in [0.2, 0.25) is 0 Å². The summed E-state index contributed by atoms with van der Waals surface area (Å²) in [7, 11) is 0. The van der Waals surface area contributed by atoms with Crippen LogP contribution in [0.2, 0.25) is 0 Å². The number of aromatic nitrogens is 1. The lowest BCUT2D eigenvalue weighted by atomic mass is 10.0. The molecular weight excluding hydrogens is 326 g/mol. The molecule has 1 aromatic heterocycles. The van der Waals surface area contributed by atoms with Gasteiger partial charge in [-0.15, -0.1) is 6.58 Å². The molecule has 1 aliphatic rings. The van der Waals surface area contributed by atoms with Crippen molar-refractivity contribution in [1.82, 2.24) is 9.88 Å². The van der Waals surface area contributed by atoms with Gasteiger partial charge in [-0.3, -0.25) is 9.78 Å². The van der Waals surface area contributed by atoms with Gasteiger partial charge in [0.05, 0.1) is 30.4 Å². The van der Waals surface area contributed by atoms with Crippen LogP contribution in [-0.2, 0) is 11.2 Å². The number of ether oxygens (including phenoxy) is 1. The maximum Gasteiger partial charge on any atom is 0.254 e. The van der Waals surface area contributed by atoms with E-state index in [1.54, 1.807) is 42.7 Å². The van der Waals surface area contributed by atoms with Crippen molar-refractivity contribution >= 4 is 5.91 Å². The highest BCUT2D eigenvalue weighted by Crippen LogP contribution is 2.26. The summed E-state index contributed by atoms with van der Waals surface area (Å²) in [5.74, 6) is -0.0640. The molecule has 5 nitrogen and oxygen atoms in total. The quantitative estimate of drug-likeness (QED) is 0.754. The number of rotatable bonds is 6. The lowest BCUT2D eigenvalue weighted by Gasteiger charge is -2.28. The molecule has 1 aliphatic heterocycles. The average molecular weight is 347 g/mol. The van der Waals surface area contributed by atoms with Crippen LogP contribution in [-0.4, -0.2) is 41.1 Å². The Morgan fingerprint density at radius 2 is 2.19 bits per heavy atom. The Hall–Kier alpha value is -2.97. The summed E-state index contributed by atoms with van der Waals surface area (Å²) in [6, 6.07) is 12.8. The molecule has 5 heteroatoms. The molecule has 0 bridgehead atoms. The fourth-order valence-corrected chi connectivity index (χ4v) is 3.35. The summed E-state index contributed by atoms with van der Waals surface area (Å²) in [4.78, 5) is 19.0. The standard InChI is InChI=1S/C21H21N3O2/c1-2-12-26-20-8-11-24(19(20)14-16-6-9-23-10-7-16)21(25)18-5-3-4-17(13-18)15-22/h2-7,9-10,13,19-20H,1,8,11-12,14H2/t19-,20-/m0/s1. The number of hydrogen-bond donors (Lipinski definition) is 0. The van der Waals surface area contributed by atoms with Crippen molar-refractivity contribution in [2.45, 2.75) is 25.0 Å². The number of nitriles is 1. The Labute approximate surface area is 153 Å². The molecule has 2 aromatic rings. The molecule has 132 valence electrons. The lowest BCUT2D eigenvalue weighted by Crippen LogP contribution is -2.42. The molecule has 1 fully saturated rings. The Morgan fingerprint density at radius 3 is 2.92 bits per heavy atom. The molecule has 0 saturated carbocycles. The van der Waals surface area contributed by atoms with Gasteiger partial charge in [-0.05, 0) is 48.7 Å². The molecule has 3 rings (SSSR count). The number of likely N-dealkylation sites (tertiary alicyclic amines) is 1. The third-order valence-corrected chi connectivity index (χ3v) is 4.61. The van der Waals surface area contributed by atoms with E-state index in [9.17, 15) is 4.79 Å². The predicted octanol–water partition coefficient (Wildman–Crippen LogP) is 2.98. The minimum atomic E-state index is -0.0640. The van der Waals surface area contributed by atoms with Gasteiger partial charge in [-0.1, -0.05) is 12.1 Å². The lowest BCUT2D eigenvalue weighted by molar-refractivity contribution is 0.0380. The van der Waals surface area contributed by atoms with E-state index in [0.717, 1.165) is 12.0 Å². The second-order valence-electron chi connectivity index (χ2n) is 6.27. The molecule has 0 aliphatic carbocycles. The Kier molecular flexibility index (Phi) is 5.77. The van der Waals surface area contributed by atoms with Crippen molar-refractivity contribution in [3.05, 3.63) is 78.1 Å². The van der Waals surface area contributed by atoms with Crippen molar-refractivity contribution < 1.29 is 9.53 Å². The first-order valence-electron chi connectivity index (χ1n) is 8.65. The molecule has 0 N–H and O–H groups in total. The second kappa shape index (κ2) is 8.41. The van der Waals surface area contributed by atoms with Crippen LogP contribution in [0.1, 0.15) is 27.9 Å². The van der Waals surface area contributed by atoms with Gasteiger partial charge in [0, 0.05) is 24.5 Å². The SMILES string of the molecule is C=CCO[C@H]1CCN(C(=O)c2cccc(C#N)c2)[C@H]1Cc1ccncc1. The minimum Gasteiger partial charge on any atom is -0.372 e. The summed E-state index contributed by atoms with van der Waals surface area (Å²) in [6.07, 6.45) is 6.69. The van der Waals surface area contributed by atoms with Crippen LogP contribution in [0.3, 0.4) is 0 Å². The van der Waals surface area contributed by atoms with E-state index in [4.69, 9.17) is 10.00 Å². The smallest absolute Gasteiger partial charge is 0.254 e. The van der Waals surface area contributed by atoms with Crippen molar-refractivity contribution in [1.29, 1.82) is 5.26 Å². The highest BCUT2D eigenvalue weighted by atomic mass is 16.5. The molecule has 26 heavy (non-hydrogen) atoms. The van der Waals surface area contributed by atoms with E-state index in [2.05, 4.69) is 17.6 Å². The number of benzene rings is 1. The molecule has 2 atom stereocenters. The van der Waals surface area contributed by atoms with Gasteiger partial charge in [0.25, 0.3) is 5.91 Å². The number of pyridine rings is 1. The van der Waals surface area contributed by atoms with Crippen LogP contribution >= 0.6 is 0 Å². The zero-order chi connectivity index (χ0) is 18.4. The molecular formula is C21H21N3O2. The maximum atomic E-state index is 13.1. The van der Waals surface area contributed by atoms with Crippen LogP contribution < -0.4 is 0 Å². The maximum absolute atomic E-state index is 13.1. The van der Waals surface area contributed by atoms with Crippen LogP contribution in [0.25, 0.3) is 0 Å². The average Bonchev–Trinajstić information content (AvgIpc) is 3.09. The Morgan fingerprint density at radius 1 is 1.38 bits per heavy atom. The van der Waals surface area contributed by atoms with E-state index < -0.39 is 0 Å². The molecule has 0 unspecified atom stereocenters. The topological polar surface area (TPSA) is 66.2 Å². The van der Waals surface area contributed by atoms with Gasteiger partial charge in [0.15, 0.2) is 0 Å².